The molecule has 21 heavy (non-hydrogen) atoms. The molecule has 1 aromatic heterocycles. The first-order chi connectivity index (χ1) is 10.1. The third-order valence-corrected chi connectivity index (χ3v) is 3.88. The summed E-state index contributed by atoms with van der Waals surface area (Å²) >= 11 is 12.2. The van der Waals surface area contributed by atoms with E-state index in [0.717, 1.165) is 19.3 Å². The molecule has 0 saturated carbocycles. The van der Waals surface area contributed by atoms with Crippen LogP contribution < -0.4 is 11.2 Å². The van der Waals surface area contributed by atoms with Crippen LogP contribution in [-0.4, -0.2) is 9.55 Å². The van der Waals surface area contributed by atoms with Crippen molar-refractivity contribution >= 4 is 23.2 Å². The Bertz CT molecular complexity index is 750. The lowest BCUT2D eigenvalue weighted by Gasteiger charge is -2.10. The Labute approximate surface area is 132 Å². The van der Waals surface area contributed by atoms with Gasteiger partial charge in [-0.25, -0.2) is 4.79 Å². The third kappa shape index (κ3) is 3.39. The molecule has 2 rings (SSSR count). The van der Waals surface area contributed by atoms with E-state index in [0.29, 0.717) is 17.1 Å². The third-order valence-electron chi connectivity index (χ3n) is 3.27. The van der Waals surface area contributed by atoms with Gasteiger partial charge in [0.15, 0.2) is 0 Å². The van der Waals surface area contributed by atoms with Gasteiger partial charge in [-0.05, 0) is 12.5 Å². The highest BCUT2D eigenvalue weighted by molar-refractivity contribution is 6.35. The molecule has 0 bridgehead atoms. The zero-order chi connectivity index (χ0) is 15.4. The maximum Gasteiger partial charge on any atom is 0.329 e. The van der Waals surface area contributed by atoms with Crippen LogP contribution in [0.4, 0.5) is 0 Å². The summed E-state index contributed by atoms with van der Waals surface area (Å²) in [7, 11) is 0. The molecule has 0 atom stereocenters. The smallest absolute Gasteiger partial charge is 0.297 e. The number of nitrogens with zero attached hydrogens (tertiary/aromatic N) is 1. The fraction of sp³-hybridized carbons (Fsp3) is 0.333. The number of halogens is 2. The lowest BCUT2D eigenvalue weighted by molar-refractivity contribution is 0.564. The number of unbranched alkanes of at least 4 members (excludes halogenated alkanes) is 2. The monoisotopic (exact) mass is 326 g/mol. The zero-order valence-corrected chi connectivity index (χ0v) is 13.2. The van der Waals surface area contributed by atoms with Crippen molar-refractivity contribution in [1.29, 1.82) is 0 Å². The molecule has 0 aliphatic carbocycles. The van der Waals surface area contributed by atoms with E-state index in [-0.39, 0.29) is 10.7 Å². The Balaban J connectivity index is 2.57. The van der Waals surface area contributed by atoms with Crippen molar-refractivity contribution in [3.05, 3.63) is 55.3 Å². The van der Waals surface area contributed by atoms with E-state index < -0.39 is 11.2 Å². The topological polar surface area (TPSA) is 54.9 Å². The van der Waals surface area contributed by atoms with Gasteiger partial charge in [-0.3, -0.25) is 14.3 Å². The molecule has 0 radical (unpaired) electrons. The van der Waals surface area contributed by atoms with Crippen molar-refractivity contribution in [3.63, 3.8) is 0 Å². The molecule has 1 aromatic carbocycles. The van der Waals surface area contributed by atoms with Gasteiger partial charge in [-0.15, -0.1) is 0 Å². The van der Waals surface area contributed by atoms with Gasteiger partial charge in [0.05, 0.1) is 5.56 Å². The second-order valence-electron chi connectivity index (χ2n) is 4.76. The van der Waals surface area contributed by atoms with Crippen LogP contribution in [0.5, 0.6) is 0 Å². The van der Waals surface area contributed by atoms with Gasteiger partial charge >= 0.3 is 5.69 Å². The predicted molar refractivity (Wildman–Crippen MR) is 86.3 cm³/mol. The number of H-pyrrole nitrogens is 1. The van der Waals surface area contributed by atoms with Gasteiger partial charge in [0.2, 0.25) is 0 Å². The minimum absolute atomic E-state index is 0.0184. The van der Waals surface area contributed by atoms with Crippen LogP contribution in [0, 0.1) is 0 Å². The number of aromatic nitrogens is 2. The van der Waals surface area contributed by atoms with E-state index in [4.69, 9.17) is 23.2 Å². The summed E-state index contributed by atoms with van der Waals surface area (Å²) in [5.41, 5.74) is -0.141. The number of benzene rings is 1. The van der Waals surface area contributed by atoms with Crippen molar-refractivity contribution in [2.45, 2.75) is 32.7 Å². The number of hydrogen-bond acceptors (Lipinski definition) is 2. The average Bonchev–Trinajstić information content (AvgIpc) is 2.44. The Morgan fingerprint density at radius 3 is 2.52 bits per heavy atom. The summed E-state index contributed by atoms with van der Waals surface area (Å²) in [4.78, 5) is 27.0. The van der Waals surface area contributed by atoms with E-state index in [1.807, 2.05) is 0 Å². The van der Waals surface area contributed by atoms with E-state index in [1.165, 1.54) is 4.57 Å². The molecule has 0 fully saturated rings. The van der Waals surface area contributed by atoms with Gasteiger partial charge in [0.25, 0.3) is 5.56 Å². The van der Waals surface area contributed by atoms with Crippen LogP contribution in [0.1, 0.15) is 26.2 Å². The Kier molecular flexibility index (Phi) is 5.26. The fourth-order valence-corrected chi connectivity index (χ4v) is 2.66. The van der Waals surface area contributed by atoms with Crippen molar-refractivity contribution in [2.24, 2.45) is 0 Å². The molecule has 0 aliphatic rings. The van der Waals surface area contributed by atoms with E-state index in [9.17, 15) is 9.59 Å². The minimum atomic E-state index is -0.489. The molecule has 1 N–H and O–H groups in total. The summed E-state index contributed by atoms with van der Waals surface area (Å²) in [5, 5.41) is 0.438. The van der Waals surface area contributed by atoms with Gasteiger partial charge in [0.1, 0.15) is 5.15 Å². The first-order valence-corrected chi connectivity index (χ1v) is 7.59. The van der Waals surface area contributed by atoms with Gasteiger partial charge in [-0.2, -0.15) is 0 Å². The standard InChI is InChI=1S/C15H16Cl2N2O2/c1-2-3-6-9-19-14(20)12(13(17)18-15(19)21)10-7-4-5-8-11(10)16/h4-5,7-8H,2-3,6,9H2,1H3,(H,18,21). The number of aromatic amines is 1. The van der Waals surface area contributed by atoms with Crippen LogP contribution in [-0.2, 0) is 6.54 Å². The van der Waals surface area contributed by atoms with Gasteiger partial charge in [0, 0.05) is 17.1 Å². The first kappa shape index (κ1) is 15.9. The number of nitrogens with one attached hydrogen (secondary N) is 1. The summed E-state index contributed by atoms with van der Waals surface area (Å²) in [6.07, 6.45) is 2.73. The first-order valence-electron chi connectivity index (χ1n) is 6.83. The van der Waals surface area contributed by atoms with Crippen LogP contribution in [0.25, 0.3) is 11.1 Å². The van der Waals surface area contributed by atoms with E-state index >= 15 is 0 Å². The molecule has 4 nitrogen and oxygen atoms in total. The van der Waals surface area contributed by atoms with Gasteiger partial charge in [-0.1, -0.05) is 61.2 Å². The quantitative estimate of drug-likeness (QED) is 0.672. The Morgan fingerprint density at radius 2 is 1.86 bits per heavy atom. The number of hydrogen-bond donors (Lipinski definition) is 1. The highest BCUT2D eigenvalue weighted by Gasteiger charge is 2.16. The molecule has 1 heterocycles. The summed E-state index contributed by atoms with van der Waals surface area (Å²) < 4.78 is 1.18. The molecule has 0 aliphatic heterocycles. The molecule has 0 saturated heterocycles. The Hall–Kier alpha value is -1.52. The molecule has 0 unspecified atom stereocenters. The second kappa shape index (κ2) is 6.96. The lowest BCUT2D eigenvalue weighted by Crippen LogP contribution is -2.36. The van der Waals surface area contributed by atoms with E-state index in [2.05, 4.69) is 11.9 Å². The van der Waals surface area contributed by atoms with E-state index in [1.54, 1.807) is 24.3 Å². The Morgan fingerprint density at radius 1 is 1.14 bits per heavy atom. The predicted octanol–water partition coefficient (Wildman–Crippen LogP) is 3.70. The largest absolute Gasteiger partial charge is 0.329 e. The normalized spacial score (nSPS) is 10.8. The fourth-order valence-electron chi connectivity index (χ4n) is 2.17. The van der Waals surface area contributed by atoms with Crippen LogP contribution in [0.15, 0.2) is 33.9 Å². The molecule has 112 valence electrons. The van der Waals surface area contributed by atoms with Crippen molar-refractivity contribution in [3.8, 4) is 11.1 Å². The molecule has 6 heteroatoms. The summed E-state index contributed by atoms with van der Waals surface area (Å²) in [5.74, 6) is 0. The highest BCUT2D eigenvalue weighted by Crippen LogP contribution is 2.28. The van der Waals surface area contributed by atoms with Crippen LogP contribution in [0.3, 0.4) is 0 Å². The SMILES string of the molecule is CCCCCn1c(=O)[nH]c(Cl)c(-c2ccccc2Cl)c1=O. The maximum absolute atomic E-state index is 12.6. The summed E-state index contributed by atoms with van der Waals surface area (Å²) in [6, 6.07) is 6.92. The second-order valence-corrected chi connectivity index (χ2v) is 5.55. The van der Waals surface area contributed by atoms with Crippen LogP contribution >= 0.6 is 23.2 Å². The molecule has 2 aromatic rings. The molecule has 0 amide bonds. The van der Waals surface area contributed by atoms with Gasteiger partial charge < -0.3 is 0 Å². The molecular weight excluding hydrogens is 311 g/mol. The lowest BCUT2D eigenvalue weighted by atomic mass is 10.1. The van der Waals surface area contributed by atoms with Crippen molar-refractivity contribution in [2.75, 3.05) is 0 Å². The number of rotatable bonds is 5. The average molecular weight is 327 g/mol. The summed E-state index contributed by atoms with van der Waals surface area (Å²) in [6.45, 7) is 2.43. The maximum atomic E-state index is 12.6. The van der Waals surface area contributed by atoms with Crippen molar-refractivity contribution < 1.29 is 0 Å². The molecular formula is C15H16Cl2N2O2. The van der Waals surface area contributed by atoms with Crippen molar-refractivity contribution in [1.82, 2.24) is 9.55 Å². The van der Waals surface area contributed by atoms with Crippen LogP contribution in [0.2, 0.25) is 10.2 Å². The minimum Gasteiger partial charge on any atom is -0.297 e. The molecule has 0 spiro atoms. The zero-order valence-electron chi connectivity index (χ0n) is 11.7. The highest BCUT2D eigenvalue weighted by atomic mass is 35.5.